The molecule has 7 heteroatoms. The summed E-state index contributed by atoms with van der Waals surface area (Å²) in [4.78, 5) is 0. The van der Waals surface area contributed by atoms with Crippen LogP contribution in [0.1, 0.15) is 65.1 Å². The van der Waals surface area contributed by atoms with E-state index in [1.54, 1.807) is 4.57 Å². The van der Waals surface area contributed by atoms with Crippen LogP contribution in [0, 0.1) is 5.92 Å². The zero-order chi connectivity index (χ0) is 15.1. The molecule has 2 rings (SSSR count). The van der Waals surface area contributed by atoms with E-state index in [1.807, 2.05) is 20.8 Å². The molecule has 0 atom stereocenters. The molecule has 1 aliphatic carbocycles. The summed E-state index contributed by atoms with van der Waals surface area (Å²) in [5, 5.41) is 7.85. The van der Waals surface area contributed by atoms with E-state index >= 15 is 0 Å². The average Bonchev–Trinajstić information content (AvgIpc) is 2.73. The second-order valence-electron chi connectivity index (χ2n) is 6.74. The van der Waals surface area contributed by atoms with Crippen molar-refractivity contribution in [2.75, 3.05) is 0 Å². The van der Waals surface area contributed by atoms with Crippen molar-refractivity contribution in [3.05, 3.63) is 5.82 Å². The highest BCUT2D eigenvalue weighted by Crippen LogP contribution is 2.37. The molecule has 0 unspecified atom stereocenters. The van der Waals surface area contributed by atoms with Crippen molar-refractivity contribution >= 4 is 19.7 Å². The molecular formula is C13H22ClN3O2S. The summed E-state index contributed by atoms with van der Waals surface area (Å²) >= 11 is 0. The lowest BCUT2D eigenvalue weighted by Gasteiger charge is -2.30. The number of hydrogen-bond acceptors (Lipinski definition) is 4. The summed E-state index contributed by atoms with van der Waals surface area (Å²) < 4.78 is 25.1. The van der Waals surface area contributed by atoms with Crippen molar-refractivity contribution in [1.29, 1.82) is 0 Å². The van der Waals surface area contributed by atoms with Gasteiger partial charge >= 0.3 is 0 Å². The minimum absolute atomic E-state index is 0.139. The molecule has 0 bridgehead atoms. The van der Waals surface area contributed by atoms with Crippen molar-refractivity contribution < 1.29 is 8.42 Å². The summed E-state index contributed by atoms with van der Waals surface area (Å²) in [6.07, 6.45) is 4.34. The molecule has 0 aromatic carbocycles. The van der Waals surface area contributed by atoms with Crippen molar-refractivity contribution in [3.8, 4) is 0 Å². The van der Waals surface area contributed by atoms with Crippen LogP contribution in [0.5, 0.6) is 0 Å². The van der Waals surface area contributed by atoms with Gasteiger partial charge in [-0.2, -0.15) is 0 Å². The largest absolute Gasteiger partial charge is 0.296 e. The minimum Gasteiger partial charge on any atom is -0.295 e. The van der Waals surface area contributed by atoms with Gasteiger partial charge in [-0.05, 0) is 39.5 Å². The molecule has 1 aromatic rings. The molecule has 1 aromatic heterocycles. The van der Waals surface area contributed by atoms with Crippen molar-refractivity contribution in [1.82, 2.24) is 14.8 Å². The third-order valence-electron chi connectivity index (χ3n) is 3.93. The van der Waals surface area contributed by atoms with Crippen LogP contribution in [0.4, 0.5) is 0 Å². The van der Waals surface area contributed by atoms with Gasteiger partial charge in [0, 0.05) is 22.1 Å². The summed E-state index contributed by atoms with van der Waals surface area (Å²) in [6.45, 7) is 8.07. The summed E-state index contributed by atoms with van der Waals surface area (Å²) in [7, 11) is 1.61. The Morgan fingerprint density at radius 3 is 2.15 bits per heavy atom. The third-order valence-corrected chi connectivity index (χ3v) is 5.04. The fourth-order valence-corrected chi connectivity index (χ4v) is 3.88. The van der Waals surface area contributed by atoms with E-state index in [9.17, 15) is 8.42 Å². The average molecular weight is 320 g/mol. The first kappa shape index (κ1) is 15.8. The Labute approximate surface area is 125 Å². The maximum absolute atomic E-state index is 11.7. The molecule has 1 fully saturated rings. The molecule has 0 radical (unpaired) electrons. The Morgan fingerprint density at radius 1 is 1.15 bits per heavy atom. The zero-order valence-corrected chi connectivity index (χ0v) is 14.0. The van der Waals surface area contributed by atoms with Gasteiger partial charge in [0.05, 0.1) is 0 Å². The molecular weight excluding hydrogens is 298 g/mol. The van der Waals surface area contributed by atoms with Gasteiger partial charge in [0.2, 0.25) is 0 Å². The first-order valence-corrected chi connectivity index (χ1v) is 9.32. The molecule has 0 N–H and O–H groups in total. The molecule has 5 nitrogen and oxygen atoms in total. The second kappa shape index (κ2) is 5.30. The van der Waals surface area contributed by atoms with E-state index < -0.39 is 14.6 Å². The highest BCUT2D eigenvalue weighted by molar-refractivity contribution is 8.13. The Kier molecular flexibility index (Phi) is 4.17. The standard InChI is InChI=1S/C13H22ClN3O2S/c1-9-5-7-10(8-6-9)11-15-16-12(20(14,18)19)17(11)13(2,3)4/h9-10H,5-8H2,1-4H3. The quantitative estimate of drug-likeness (QED) is 0.785. The molecule has 0 spiro atoms. The van der Waals surface area contributed by atoms with Gasteiger partial charge in [0.1, 0.15) is 5.82 Å². The van der Waals surface area contributed by atoms with Crippen LogP contribution in [-0.4, -0.2) is 23.2 Å². The highest BCUT2D eigenvalue weighted by atomic mass is 35.7. The van der Waals surface area contributed by atoms with Crippen LogP contribution < -0.4 is 0 Å². The zero-order valence-electron chi connectivity index (χ0n) is 12.4. The number of aromatic nitrogens is 3. The topological polar surface area (TPSA) is 64.8 Å². The van der Waals surface area contributed by atoms with Crippen LogP contribution in [0.15, 0.2) is 5.16 Å². The van der Waals surface area contributed by atoms with Crippen molar-refractivity contribution in [2.24, 2.45) is 5.92 Å². The molecule has 1 aliphatic rings. The van der Waals surface area contributed by atoms with E-state index in [-0.39, 0.29) is 11.1 Å². The molecule has 1 heterocycles. The normalized spacial score (nSPS) is 24.9. The minimum atomic E-state index is -3.88. The van der Waals surface area contributed by atoms with Gasteiger partial charge in [0.15, 0.2) is 0 Å². The SMILES string of the molecule is CC1CCC(c2nnc(S(=O)(=O)Cl)n2C(C)(C)C)CC1. The molecule has 20 heavy (non-hydrogen) atoms. The lowest BCUT2D eigenvalue weighted by molar-refractivity contribution is 0.298. The van der Waals surface area contributed by atoms with Gasteiger partial charge in [-0.25, -0.2) is 8.42 Å². The maximum Gasteiger partial charge on any atom is 0.296 e. The van der Waals surface area contributed by atoms with E-state index in [2.05, 4.69) is 17.1 Å². The van der Waals surface area contributed by atoms with Crippen LogP contribution in [0.3, 0.4) is 0 Å². The van der Waals surface area contributed by atoms with Gasteiger partial charge < -0.3 is 0 Å². The number of hydrogen-bond donors (Lipinski definition) is 0. The van der Waals surface area contributed by atoms with Crippen LogP contribution in [0.2, 0.25) is 0 Å². The first-order chi connectivity index (χ1) is 9.10. The van der Waals surface area contributed by atoms with Gasteiger partial charge in [-0.3, -0.25) is 4.57 Å². The molecule has 1 saturated carbocycles. The Balaban J connectivity index is 2.47. The van der Waals surface area contributed by atoms with E-state index in [1.165, 1.54) is 0 Å². The fraction of sp³-hybridized carbons (Fsp3) is 0.846. The second-order valence-corrected chi connectivity index (χ2v) is 9.20. The monoisotopic (exact) mass is 319 g/mol. The van der Waals surface area contributed by atoms with Crippen LogP contribution in [0.25, 0.3) is 0 Å². The third kappa shape index (κ3) is 3.17. The smallest absolute Gasteiger partial charge is 0.295 e. The van der Waals surface area contributed by atoms with Gasteiger partial charge in [-0.1, -0.05) is 19.8 Å². The molecule has 0 amide bonds. The first-order valence-electron chi connectivity index (χ1n) is 7.01. The Bertz CT molecular complexity index is 581. The van der Waals surface area contributed by atoms with Crippen molar-refractivity contribution in [2.45, 2.75) is 70.0 Å². The number of nitrogens with zero attached hydrogens (tertiary/aromatic N) is 3. The number of halogens is 1. The molecule has 0 aliphatic heterocycles. The Hall–Kier alpha value is -0.620. The Morgan fingerprint density at radius 2 is 1.70 bits per heavy atom. The number of rotatable bonds is 2. The molecule has 114 valence electrons. The van der Waals surface area contributed by atoms with Crippen molar-refractivity contribution in [3.63, 3.8) is 0 Å². The summed E-state index contributed by atoms with van der Waals surface area (Å²) in [5.41, 5.74) is -0.417. The lowest BCUT2D eigenvalue weighted by atomic mass is 9.82. The predicted molar refractivity (Wildman–Crippen MR) is 78.4 cm³/mol. The van der Waals surface area contributed by atoms with E-state index in [0.717, 1.165) is 37.4 Å². The van der Waals surface area contributed by atoms with E-state index in [4.69, 9.17) is 10.7 Å². The van der Waals surface area contributed by atoms with E-state index in [0.29, 0.717) is 0 Å². The maximum atomic E-state index is 11.7. The summed E-state index contributed by atoms with van der Waals surface area (Å²) in [6, 6.07) is 0. The lowest BCUT2D eigenvalue weighted by Crippen LogP contribution is -2.29. The van der Waals surface area contributed by atoms with Gasteiger partial charge in [0.25, 0.3) is 14.2 Å². The highest BCUT2D eigenvalue weighted by Gasteiger charge is 2.33. The predicted octanol–water partition coefficient (Wildman–Crippen LogP) is 3.25. The van der Waals surface area contributed by atoms with Crippen LogP contribution in [-0.2, 0) is 14.6 Å². The fourth-order valence-electron chi connectivity index (χ4n) is 2.85. The molecule has 0 saturated heterocycles. The summed E-state index contributed by atoms with van der Waals surface area (Å²) in [5.74, 6) is 1.75. The van der Waals surface area contributed by atoms with Crippen LogP contribution >= 0.6 is 10.7 Å². The van der Waals surface area contributed by atoms with Gasteiger partial charge in [-0.15, -0.1) is 10.2 Å².